The summed E-state index contributed by atoms with van der Waals surface area (Å²) in [7, 11) is 0. The first-order chi connectivity index (χ1) is 4.84. The molecule has 0 fully saturated rings. The van der Waals surface area contributed by atoms with Crippen LogP contribution < -0.4 is 0 Å². The average Bonchev–Trinajstić information content (AvgIpc) is 2.31. The molecule has 1 aromatic heterocycles. The highest BCUT2D eigenvalue weighted by Gasteiger charge is 1.98. The molecule has 0 bridgehead atoms. The number of hydrogen-bond donors (Lipinski definition) is 0. The lowest BCUT2D eigenvalue weighted by Gasteiger charge is -1.84. The van der Waals surface area contributed by atoms with Crippen LogP contribution in [0.25, 0.3) is 0 Å². The van der Waals surface area contributed by atoms with E-state index in [1.807, 2.05) is 6.92 Å². The highest BCUT2D eigenvalue weighted by atomic mass is 32.1. The smallest absolute Gasteiger partial charge is 0.129 e. The molecule has 0 unspecified atom stereocenters. The van der Waals surface area contributed by atoms with Crippen LogP contribution in [-0.2, 0) is 6.54 Å². The van der Waals surface area contributed by atoms with Crippen molar-refractivity contribution in [3.63, 3.8) is 0 Å². The van der Waals surface area contributed by atoms with Gasteiger partial charge in [-0.25, -0.2) is 4.99 Å². The molecule has 0 amide bonds. The van der Waals surface area contributed by atoms with Gasteiger partial charge in [0.1, 0.15) is 6.26 Å². The van der Waals surface area contributed by atoms with Crippen molar-refractivity contribution in [2.24, 2.45) is 4.99 Å². The minimum atomic E-state index is 0.513. The lowest BCUT2D eigenvalue weighted by atomic mass is 10.3. The van der Waals surface area contributed by atoms with Crippen LogP contribution in [0.2, 0.25) is 0 Å². The van der Waals surface area contributed by atoms with Gasteiger partial charge in [0.25, 0.3) is 0 Å². The van der Waals surface area contributed by atoms with Gasteiger partial charge in [0, 0.05) is 5.56 Å². The predicted octanol–water partition coefficient (Wildman–Crippen LogP) is 1.59. The molecule has 0 radical (unpaired) electrons. The Morgan fingerprint density at radius 2 is 2.70 bits per heavy atom. The molecule has 3 nitrogen and oxygen atoms in total. The molecule has 0 spiro atoms. The summed E-state index contributed by atoms with van der Waals surface area (Å²) in [5.41, 5.74) is 1.81. The third-order valence-corrected chi connectivity index (χ3v) is 1.29. The number of aromatic nitrogens is 1. The highest BCUT2D eigenvalue weighted by molar-refractivity contribution is 7.78. The Balaban J connectivity index is 2.74. The molecule has 1 heterocycles. The van der Waals surface area contributed by atoms with Crippen LogP contribution in [0, 0.1) is 6.92 Å². The van der Waals surface area contributed by atoms with Gasteiger partial charge in [-0.1, -0.05) is 5.16 Å². The van der Waals surface area contributed by atoms with Crippen LogP contribution in [0.15, 0.2) is 15.8 Å². The summed E-state index contributed by atoms with van der Waals surface area (Å²) >= 11 is 4.40. The Labute approximate surface area is 63.7 Å². The van der Waals surface area contributed by atoms with Gasteiger partial charge in [-0.3, -0.25) is 0 Å². The molecule has 0 aliphatic carbocycles. The minimum absolute atomic E-state index is 0.513. The molecule has 0 aliphatic rings. The number of thiocarbonyl (C=S) groups is 1. The third-order valence-electron chi connectivity index (χ3n) is 1.16. The van der Waals surface area contributed by atoms with E-state index >= 15 is 0 Å². The maximum Gasteiger partial charge on any atom is 0.129 e. The summed E-state index contributed by atoms with van der Waals surface area (Å²) in [4.78, 5) is 3.74. The number of rotatable bonds is 2. The van der Waals surface area contributed by atoms with Gasteiger partial charge in [0.15, 0.2) is 0 Å². The molecule has 0 saturated heterocycles. The van der Waals surface area contributed by atoms with Crippen LogP contribution in [0.1, 0.15) is 11.3 Å². The highest BCUT2D eigenvalue weighted by Crippen LogP contribution is 2.04. The first-order valence-electron chi connectivity index (χ1n) is 2.78. The van der Waals surface area contributed by atoms with Gasteiger partial charge in [0.2, 0.25) is 0 Å². The van der Waals surface area contributed by atoms with Gasteiger partial charge >= 0.3 is 0 Å². The lowest BCUT2D eigenvalue weighted by Crippen LogP contribution is -1.80. The van der Waals surface area contributed by atoms with E-state index in [9.17, 15) is 0 Å². The molecule has 1 rings (SSSR count). The van der Waals surface area contributed by atoms with Crippen molar-refractivity contribution < 1.29 is 4.52 Å². The van der Waals surface area contributed by atoms with E-state index in [1.54, 1.807) is 6.26 Å². The van der Waals surface area contributed by atoms with Crippen molar-refractivity contribution in [3.05, 3.63) is 17.5 Å². The molecule has 4 heteroatoms. The topological polar surface area (TPSA) is 38.4 Å². The van der Waals surface area contributed by atoms with E-state index in [0.717, 1.165) is 11.3 Å². The molecule has 10 heavy (non-hydrogen) atoms. The Morgan fingerprint density at radius 1 is 1.90 bits per heavy atom. The average molecular weight is 154 g/mol. The summed E-state index contributed by atoms with van der Waals surface area (Å²) in [6, 6.07) is 0. The molecule has 0 saturated carbocycles. The summed E-state index contributed by atoms with van der Waals surface area (Å²) in [6.07, 6.45) is 1.56. The Morgan fingerprint density at radius 3 is 3.20 bits per heavy atom. The summed E-state index contributed by atoms with van der Waals surface area (Å²) < 4.78 is 4.67. The number of aliphatic imine (C=N–C) groups is 1. The van der Waals surface area contributed by atoms with Gasteiger partial charge in [0.05, 0.1) is 17.4 Å². The van der Waals surface area contributed by atoms with Crippen molar-refractivity contribution in [2.45, 2.75) is 13.5 Å². The largest absolute Gasteiger partial charge is 0.364 e. The second-order valence-electron chi connectivity index (χ2n) is 1.83. The summed E-state index contributed by atoms with van der Waals surface area (Å²) in [5.74, 6) is 0. The van der Waals surface area contributed by atoms with E-state index in [2.05, 4.69) is 32.1 Å². The molecule has 0 aromatic carbocycles. The van der Waals surface area contributed by atoms with E-state index in [1.165, 1.54) is 0 Å². The summed E-state index contributed by atoms with van der Waals surface area (Å²) in [6.45, 7) is 2.37. The standard InChI is InChI=1S/C6H6N2OS/c1-5-6(2-7-4-10)3-9-8-5/h3H,2H2,1H3. The fourth-order valence-electron chi connectivity index (χ4n) is 0.582. The molecule has 0 N–H and O–H groups in total. The summed E-state index contributed by atoms with van der Waals surface area (Å²) in [5, 5.41) is 5.94. The Bertz CT molecular complexity index is 262. The van der Waals surface area contributed by atoms with Crippen molar-refractivity contribution in [1.82, 2.24) is 5.16 Å². The molecule has 0 atom stereocenters. The van der Waals surface area contributed by atoms with Gasteiger partial charge < -0.3 is 4.52 Å². The predicted molar refractivity (Wildman–Crippen MR) is 40.0 cm³/mol. The van der Waals surface area contributed by atoms with E-state index in [-0.39, 0.29) is 0 Å². The number of isothiocyanates is 1. The fraction of sp³-hybridized carbons (Fsp3) is 0.333. The Kier molecular flexibility index (Phi) is 2.31. The van der Waals surface area contributed by atoms with Crippen molar-refractivity contribution in [3.8, 4) is 0 Å². The van der Waals surface area contributed by atoms with Crippen molar-refractivity contribution in [2.75, 3.05) is 0 Å². The second-order valence-corrected chi connectivity index (χ2v) is 2.02. The molecule has 0 aliphatic heterocycles. The van der Waals surface area contributed by atoms with E-state index in [0.29, 0.717) is 6.54 Å². The zero-order valence-electron chi connectivity index (χ0n) is 5.50. The van der Waals surface area contributed by atoms with E-state index < -0.39 is 0 Å². The van der Waals surface area contributed by atoms with Crippen molar-refractivity contribution >= 4 is 17.4 Å². The molecular formula is C6H6N2OS. The van der Waals surface area contributed by atoms with Gasteiger partial charge in [-0.2, -0.15) is 0 Å². The quantitative estimate of drug-likeness (QED) is 0.479. The Hall–Kier alpha value is -0.990. The normalized spacial score (nSPS) is 8.90. The maximum atomic E-state index is 4.67. The van der Waals surface area contributed by atoms with Gasteiger partial charge in [-0.15, -0.1) is 0 Å². The lowest BCUT2D eigenvalue weighted by molar-refractivity contribution is 0.414. The minimum Gasteiger partial charge on any atom is -0.364 e. The van der Waals surface area contributed by atoms with Gasteiger partial charge in [-0.05, 0) is 19.1 Å². The first-order valence-corrected chi connectivity index (χ1v) is 3.19. The number of hydrogen-bond acceptors (Lipinski definition) is 4. The third kappa shape index (κ3) is 1.50. The fourth-order valence-corrected chi connectivity index (χ4v) is 0.647. The SMILES string of the molecule is Cc1nocc1CN=C=S. The van der Waals surface area contributed by atoms with Crippen LogP contribution in [0.3, 0.4) is 0 Å². The monoisotopic (exact) mass is 154 g/mol. The molecular weight excluding hydrogens is 148 g/mol. The van der Waals surface area contributed by atoms with Crippen LogP contribution >= 0.6 is 12.2 Å². The second kappa shape index (κ2) is 3.25. The first kappa shape index (κ1) is 7.12. The number of nitrogens with zero attached hydrogens (tertiary/aromatic N) is 2. The van der Waals surface area contributed by atoms with Crippen LogP contribution in [0.4, 0.5) is 0 Å². The van der Waals surface area contributed by atoms with E-state index in [4.69, 9.17) is 0 Å². The number of aryl methyl sites for hydroxylation is 1. The van der Waals surface area contributed by atoms with Crippen LogP contribution in [-0.4, -0.2) is 10.3 Å². The van der Waals surface area contributed by atoms with Crippen molar-refractivity contribution in [1.29, 1.82) is 0 Å². The maximum absolute atomic E-state index is 4.67. The molecule has 52 valence electrons. The zero-order valence-corrected chi connectivity index (χ0v) is 6.31. The van der Waals surface area contributed by atoms with Crippen LogP contribution in [0.5, 0.6) is 0 Å². The zero-order chi connectivity index (χ0) is 7.40. The molecule has 1 aromatic rings.